The van der Waals surface area contributed by atoms with Crippen LogP contribution in [0.1, 0.15) is 126 Å². The Morgan fingerprint density at radius 3 is 1.41 bits per heavy atom. The van der Waals surface area contributed by atoms with Crippen LogP contribution in [0, 0.1) is 0 Å². The van der Waals surface area contributed by atoms with Gasteiger partial charge in [0.1, 0.15) is 24.0 Å². The van der Waals surface area contributed by atoms with E-state index < -0.39 is 0 Å². The highest BCUT2D eigenvalue weighted by molar-refractivity contribution is 6.22. The highest BCUT2D eigenvalue weighted by atomic mass is 16.6. The van der Waals surface area contributed by atoms with Crippen LogP contribution in [-0.2, 0) is 24.0 Å². The molecule has 5 rings (SSSR count). The van der Waals surface area contributed by atoms with Crippen LogP contribution < -0.4 is 0 Å². The molecule has 2 aliphatic heterocycles. The minimum absolute atomic E-state index is 0.0281. The molecule has 0 amide bonds. The van der Waals surface area contributed by atoms with E-state index in [2.05, 4.69) is 50.2 Å². The van der Waals surface area contributed by atoms with Crippen molar-refractivity contribution in [3.8, 4) is 11.1 Å². The molecule has 204 valence electrons. The zero-order valence-electron chi connectivity index (χ0n) is 23.8. The largest absolute Gasteiger partial charge is 0.657 e. The molecule has 0 atom stereocenters. The number of benzene rings is 2. The van der Waals surface area contributed by atoms with Gasteiger partial charge in [-0.1, -0.05) is 115 Å². The standard InChI is InChI=1S/C33H42B2O4/c1-3-5-7-9-11-13-19-33(20-14-12-10-8-6-4-2)29-21-25(31-23-36-34-38-31)15-17-27(29)28-18-16-26(22-30(28)33)32-24-37-35-39-32/h15-18,21-24H,3-14,19-20H2,1-2H3. The van der Waals surface area contributed by atoms with Gasteiger partial charge in [0.15, 0.2) is 0 Å². The summed E-state index contributed by atoms with van der Waals surface area (Å²) < 4.78 is 21.9. The van der Waals surface area contributed by atoms with Gasteiger partial charge in [-0.15, -0.1) is 0 Å². The molecule has 4 nitrogen and oxygen atoms in total. The maximum absolute atomic E-state index is 5.68. The van der Waals surface area contributed by atoms with Crippen molar-refractivity contribution in [2.75, 3.05) is 0 Å². The number of hydrogen-bond donors (Lipinski definition) is 0. The first-order valence-corrected chi connectivity index (χ1v) is 15.2. The summed E-state index contributed by atoms with van der Waals surface area (Å²) in [5, 5.41) is 0. The Morgan fingerprint density at radius 2 is 1.00 bits per heavy atom. The zero-order valence-corrected chi connectivity index (χ0v) is 23.8. The minimum atomic E-state index is -0.0281. The Balaban J connectivity index is 1.50. The van der Waals surface area contributed by atoms with Gasteiger partial charge in [0.05, 0.1) is 0 Å². The van der Waals surface area contributed by atoms with E-state index in [1.807, 2.05) is 0 Å². The number of hydrogen-bond acceptors (Lipinski definition) is 4. The molecule has 0 spiro atoms. The second kappa shape index (κ2) is 13.5. The van der Waals surface area contributed by atoms with E-state index in [-0.39, 0.29) is 5.41 Å². The van der Waals surface area contributed by atoms with Crippen LogP contribution in [-0.4, -0.2) is 15.4 Å². The monoisotopic (exact) mass is 524 g/mol. The van der Waals surface area contributed by atoms with Crippen LogP contribution in [0.5, 0.6) is 0 Å². The first-order valence-electron chi connectivity index (χ1n) is 15.2. The summed E-state index contributed by atoms with van der Waals surface area (Å²) >= 11 is 0. The summed E-state index contributed by atoms with van der Waals surface area (Å²) in [7, 11) is 2.80. The molecule has 0 unspecified atom stereocenters. The molecule has 2 aromatic carbocycles. The Bertz CT molecular complexity index is 1080. The lowest BCUT2D eigenvalue weighted by Crippen LogP contribution is -2.26. The zero-order chi connectivity index (χ0) is 26.9. The van der Waals surface area contributed by atoms with Crippen molar-refractivity contribution in [1.29, 1.82) is 0 Å². The van der Waals surface area contributed by atoms with Gasteiger partial charge in [-0.2, -0.15) is 0 Å². The molecule has 0 fully saturated rings. The van der Waals surface area contributed by atoms with Crippen molar-refractivity contribution in [1.82, 2.24) is 0 Å². The van der Waals surface area contributed by atoms with Crippen LogP contribution in [0.15, 0.2) is 48.9 Å². The smallest absolute Gasteiger partial charge is 0.529 e. The van der Waals surface area contributed by atoms with Crippen LogP contribution in [0.25, 0.3) is 22.6 Å². The van der Waals surface area contributed by atoms with Gasteiger partial charge in [-0.3, -0.25) is 0 Å². The van der Waals surface area contributed by atoms with E-state index in [1.54, 1.807) is 12.5 Å². The lowest BCUT2D eigenvalue weighted by Gasteiger charge is -2.33. The quantitative estimate of drug-likeness (QED) is 0.162. The van der Waals surface area contributed by atoms with Crippen LogP contribution >= 0.6 is 0 Å². The topological polar surface area (TPSA) is 36.9 Å². The Labute approximate surface area is 236 Å². The second-order valence-corrected chi connectivity index (χ2v) is 11.3. The predicted molar refractivity (Wildman–Crippen MR) is 160 cm³/mol. The highest BCUT2D eigenvalue weighted by Gasteiger charge is 2.43. The third-order valence-corrected chi connectivity index (χ3v) is 8.66. The number of rotatable bonds is 16. The van der Waals surface area contributed by atoms with E-state index >= 15 is 0 Å². The fourth-order valence-electron chi connectivity index (χ4n) is 6.55. The Kier molecular flexibility index (Phi) is 9.66. The van der Waals surface area contributed by atoms with Crippen LogP contribution in [0.2, 0.25) is 0 Å². The van der Waals surface area contributed by atoms with E-state index in [1.165, 1.54) is 115 Å². The normalized spacial score (nSPS) is 16.1. The summed E-state index contributed by atoms with van der Waals surface area (Å²) in [6.45, 7) is 4.57. The minimum Gasteiger partial charge on any atom is -0.529 e. The molecular weight excluding hydrogens is 482 g/mol. The molecule has 0 aromatic heterocycles. The Hall–Kier alpha value is -2.75. The van der Waals surface area contributed by atoms with E-state index in [9.17, 15) is 0 Å². The van der Waals surface area contributed by atoms with E-state index in [4.69, 9.17) is 18.6 Å². The molecule has 0 saturated carbocycles. The lowest BCUT2D eigenvalue weighted by molar-refractivity contribution is 0.397. The van der Waals surface area contributed by atoms with Crippen LogP contribution in [0.4, 0.5) is 0 Å². The summed E-state index contributed by atoms with van der Waals surface area (Å²) in [6, 6.07) is 13.7. The van der Waals surface area contributed by atoms with Crippen molar-refractivity contribution in [2.45, 2.75) is 109 Å². The molecule has 0 bridgehead atoms. The molecule has 3 aliphatic rings. The molecule has 2 radical (unpaired) electrons. The second-order valence-electron chi connectivity index (χ2n) is 11.3. The van der Waals surface area contributed by atoms with Gasteiger partial charge >= 0.3 is 15.4 Å². The maximum Gasteiger partial charge on any atom is 0.657 e. The third-order valence-electron chi connectivity index (χ3n) is 8.66. The van der Waals surface area contributed by atoms with Crippen molar-refractivity contribution in [2.24, 2.45) is 0 Å². The fraction of sp³-hybridized carbons (Fsp3) is 0.515. The van der Waals surface area contributed by atoms with Gasteiger partial charge in [0.2, 0.25) is 0 Å². The first kappa shape index (κ1) is 27.8. The maximum atomic E-state index is 5.68. The van der Waals surface area contributed by atoms with Crippen molar-refractivity contribution in [3.63, 3.8) is 0 Å². The van der Waals surface area contributed by atoms with E-state index in [0.29, 0.717) is 0 Å². The van der Waals surface area contributed by atoms with E-state index in [0.717, 1.165) is 35.5 Å². The lowest BCUT2D eigenvalue weighted by atomic mass is 9.70. The van der Waals surface area contributed by atoms with Gasteiger partial charge in [-0.25, -0.2) is 0 Å². The van der Waals surface area contributed by atoms with Gasteiger partial charge in [0.25, 0.3) is 0 Å². The summed E-state index contributed by atoms with van der Waals surface area (Å²) in [4.78, 5) is 0. The van der Waals surface area contributed by atoms with Crippen molar-refractivity contribution in [3.05, 3.63) is 71.2 Å². The third kappa shape index (κ3) is 6.20. The summed E-state index contributed by atoms with van der Waals surface area (Å²) in [5.41, 5.74) is 7.71. The first-order chi connectivity index (χ1) is 19.3. The molecule has 0 saturated heterocycles. The summed E-state index contributed by atoms with van der Waals surface area (Å²) in [5.74, 6) is 1.55. The SMILES string of the molecule is CCCCCCCCC1(CCCCCCCC)c2cc(C3=CO[B]O3)ccc2-c2ccc(C3=CO[B]O3)cc21. The highest BCUT2D eigenvalue weighted by Crippen LogP contribution is 2.55. The van der Waals surface area contributed by atoms with Gasteiger partial charge in [0, 0.05) is 16.5 Å². The molecule has 1 aliphatic carbocycles. The predicted octanol–water partition coefficient (Wildman–Crippen LogP) is 9.21. The molecule has 39 heavy (non-hydrogen) atoms. The van der Waals surface area contributed by atoms with Crippen LogP contribution in [0.3, 0.4) is 0 Å². The van der Waals surface area contributed by atoms with Crippen molar-refractivity contribution < 1.29 is 18.6 Å². The fourth-order valence-corrected chi connectivity index (χ4v) is 6.55. The van der Waals surface area contributed by atoms with Crippen molar-refractivity contribution >= 4 is 26.9 Å². The van der Waals surface area contributed by atoms with Gasteiger partial charge in [-0.05, 0) is 47.2 Å². The molecule has 6 heteroatoms. The average Bonchev–Trinajstić information content (AvgIpc) is 3.74. The molecular formula is C33H42B2O4. The van der Waals surface area contributed by atoms with Gasteiger partial charge < -0.3 is 18.6 Å². The summed E-state index contributed by atoms with van der Waals surface area (Å²) in [6.07, 6.45) is 21.3. The molecule has 0 N–H and O–H groups in total. The number of unbranched alkanes of at least 4 members (excludes halogenated alkanes) is 10. The molecule has 2 aromatic rings. The number of fused-ring (bicyclic) bond motifs is 3. The molecule has 2 heterocycles. The average molecular weight is 524 g/mol. The Morgan fingerprint density at radius 1 is 0.564 bits per heavy atom.